The molecule has 1 aromatic heterocycles. The van der Waals surface area contributed by atoms with E-state index in [1.807, 2.05) is 11.4 Å². The molecule has 4 heteroatoms. The summed E-state index contributed by atoms with van der Waals surface area (Å²) in [5.74, 6) is -0.390. The molecular formula is C12H8BrFOS. The van der Waals surface area contributed by atoms with Gasteiger partial charge in [0.05, 0.1) is 4.88 Å². The second-order valence-electron chi connectivity index (χ2n) is 3.39. The molecule has 1 nitrogen and oxygen atoms in total. The Morgan fingerprint density at radius 1 is 1.38 bits per heavy atom. The number of ketones is 1. The third kappa shape index (κ3) is 2.08. The summed E-state index contributed by atoms with van der Waals surface area (Å²) < 4.78 is 13.7. The van der Waals surface area contributed by atoms with Gasteiger partial charge >= 0.3 is 0 Å². The molecule has 0 radical (unpaired) electrons. The maximum Gasteiger partial charge on any atom is 0.204 e. The molecule has 82 valence electrons. The first-order valence-electron chi connectivity index (χ1n) is 4.63. The molecule has 0 spiro atoms. The number of benzene rings is 1. The highest BCUT2D eigenvalue weighted by molar-refractivity contribution is 9.10. The minimum atomic E-state index is -0.320. The zero-order valence-electron chi connectivity index (χ0n) is 8.46. The molecule has 2 rings (SSSR count). The minimum absolute atomic E-state index is 0.0700. The van der Waals surface area contributed by atoms with Gasteiger partial charge in [0, 0.05) is 10.0 Å². The standard InChI is InChI=1S/C12H8BrFOS/c1-7-6-8(14)2-3-9(7)11(15)12-10(13)4-5-16-12/h2-6H,1H3. The number of hydrogen-bond donors (Lipinski definition) is 0. The Kier molecular flexibility index (Phi) is 3.21. The van der Waals surface area contributed by atoms with Crippen LogP contribution in [0.2, 0.25) is 0 Å². The summed E-state index contributed by atoms with van der Waals surface area (Å²) in [6, 6.07) is 6.03. The Morgan fingerprint density at radius 3 is 2.69 bits per heavy atom. The molecule has 0 bridgehead atoms. The van der Waals surface area contributed by atoms with Crippen LogP contribution in [-0.4, -0.2) is 5.78 Å². The molecule has 0 unspecified atom stereocenters. The van der Waals surface area contributed by atoms with E-state index >= 15 is 0 Å². The highest BCUT2D eigenvalue weighted by Gasteiger charge is 2.16. The van der Waals surface area contributed by atoms with Gasteiger partial charge in [0.15, 0.2) is 0 Å². The quantitative estimate of drug-likeness (QED) is 0.760. The number of thiophene rings is 1. The van der Waals surface area contributed by atoms with Gasteiger partial charge in [-0.2, -0.15) is 0 Å². The first-order valence-corrected chi connectivity index (χ1v) is 6.30. The Bertz CT molecular complexity index is 548. The molecule has 0 aliphatic heterocycles. The van der Waals surface area contributed by atoms with Crippen molar-refractivity contribution in [3.63, 3.8) is 0 Å². The second-order valence-corrected chi connectivity index (χ2v) is 5.16. The predicted octanol–water partition coefficient (Wildman–Crippen LogP) is 4.19. The van der Waals surface area contributed by atoms with Crippen LogP contribution in [0.4, 0.5) is 4.39 Å². The molecule has 0 aliphatic carbocycles. The Morgan fingerprint density at radius 2 is 2.12 bits per heavy atom. The fraction of sp³-hybridized carbons (Fsp3) is 0.0833. The number of halogens is 2. The lowest BCUT2D eigenvalue weighted by molar-refractivity contribution is 0.104. The van der Waals surface area contributed by atoms with Crippen LogP contribution < -0.4 is 0 Å². The third-order valence-corrected chi connectivity index (χ3v) is 4.09. The van der Waals surface area contributed by atoms with Crippen molar-refractivity contribution in [1.82, 2.24) is 0 Å². The van der Waals surface area contributed by atoms with E-state index in [-0.39, 0.29) is 11.6 Å². The van der Waals surface area contributed by atoms with Crippen molar-refractivity contribution in [1.29, 1.82) is 0 Å². The van der Waals surface area contributed by atoms with E-state index in [0.29, 0.717) is 16.0 Å². The van der Waals surface area contributed by atoms with Gasteiger partial charge in [-0.3, -0.25) is 4.79 Å². The molecule has 0 aliphatic rings. The smallest absolute Gasteiger partial charge is 0.204 e. The van der Waals surface area contributed by atoms with Crippen molar-refractivity contribution in [2.24, 2.45) is 0 Å². The van der Waals surface area contributed by atoms with Gasteiger partial charge in [-0.25, -0.2) is 4.39 Å². The van der Waals surface area contributed by atoms with Crippen molar-refractivity contribution >= 4 is 33.0 Å². The first kappa shape index (κ1) is 11.5. The molecule has 16 heavy (non-hydrogen) atoms. The van der Waals surface area contributed by atoms with Crippen molar-refractivity contribution in [3.05, 3.63) is 55.9 Å². The fourth-order valence-corrected chi connectivity index (χ4v) is 2.97. The Labute approximate surface area is 105 Å². The summed E-state index contributed by atoms with van der Waals surface area (Å²) in [6.45, 7) is 1.73. The molecule has 1 heterocycles. The molecule has 0 saturated carbocycles. The van der Waals surface area contributed by atoms with Crippen LogP contribution in [0.15, 0.2) is 34.1 Å². The van der Waals surface area contributed by atoms with Crippen LogP contribution in [0.25, 0.3) is 0 Å². The van der Waals surface area contributed by atoms with Gasteiger partial charge < -0.3 is 0 Å². The zero-order valence-corrected chi connectivity index (χ0v) is 10.9. The third-order valence-electron chi connectivity index (χ3n) is 2.26. The highest BCUT2D eigenvalue weighted by Crippen LogP contribution is 2.26. The summed E-state index contributed by atoms with van der Waals surface area (Å²) in [5.41, 5.74) is 1.20. The van der Waals surface area contributed by atoms with Crippen molar-refractivity contribution < 1.29 is 9.18 Å². The largest absolute Gasteiger partial charge is 0.288 e. The lowest BCUT2D eigenvalue weighted by atomic mass is 10.0. The van der Waals surface area contributed by atoms with E-state index in [2.05, 4.69) is 15.9 Å². The normalized spacial score (nSPS) is 10.4. The summed E-state index contributed by atoms with van der Waals surface area (Å²) >= 11 is 4.69. The molecule has 0 saturated heterocycles. The van der Waals surface area contributed by atoms with E-state index in [1.54, 1.807) is 6.92 Å². The minimum Gasteiger partial charge on any atom is -0.288 e. The van der Waals surface area contributed by atoms with Crippen LogP contribution >= 0.6 is 27.3 Å². The zero-order chi connectivity index (χ0) is 11.7. The Hall–Kier alpha value is -1.00. The summed E-state index contributed by atoms with van der Waals surface area (Å²) in [5, 5.41) is 1.84. The average molecular weight is 299 g/mol. The first-order chi connectivity index (χ1) is 7.59. The van der Waals surface area contributed by atoms with Crippen LogP contribution in [0.3, 0.4) is 0 Å². The topological polar surface area (TPSA) is 17.1 Å². The molecule has 0 atom stereocenters. The monoisotopic (exact) mass is 298 g/mol. The van der Waals surface area contributed by atoms with E-state index in [4.69, 9.17) is 0 Å². The maximum absolute atomic E-state index is 12.9. The van der Waals surface area contributed by atoms with Gasteiger partial charge in [-0.1, -0.05) is 0 Å². The van der Waals surface area contributed by atoms with Crippen LogP contribution in [0.5, 0.6) is 0 Å². The molecule has 0 fully saturated rings. The number of carbonyl (C=O) groups excluding carboxylic acids is 1. The average Bonchev–Trinajstić information content (AvgIpc) is 2.63. The van der Waals surface area contributed by atoms with Gasteiger partial charge in [-0.05, 0) is 58.1 Å². The number of aryl methyl sites for hydroxylation is 1. The molecule has 1 aromatic carbocycles. The van der Waals surface area contributed by atoms with Crippen molar-refractivity contribution in [2.45, 2.75) is 6.92 Å². The lowest BCUT2D eigenvalue weighted by Crippen LogP contribution is -2.02. The lowest BCUT2D eigenvalue weighted by Gasteiger charge is -2.03. The van der Waals surface area contributed by atoms with Gasteiger partial charge in [-0.15, -0.1) is 11.3 Å². The van der Waals surface area contributed by atoms with E-state index < -0.39 is 0 Å². The molecule has 0 N–H and O–H groups in total. The summed E-state index contributed by atoms with van der Waals surface area (Å²) in [6.07, 6.45) is 0. The highest BCUT2D eigenvalue weighted by atomic mass is 79.9. The van der Waals surface area contributed by atoms with Crippen LogP contribution in [0, 0.1) is 12.7 Å². The van der Waals surface area contributed by atoms with Gasteiger partial charge in [0.25, 0.3) is 0 Å². The fourth-order valence-electron chi connectivity index (χ4n) is 1.46. The van der Waals surface area contributed by atoms with Crippen LogP contribution in [-0.2, 0) is 0 Å². The van der Waals surface area contributed by atoms with Crippen molar-refractivity contribution in [3.8, 4) is 0 Å². The molecular weight excluding hydrogens is 291 g/mol. The van der Waals surface area contributed by atoms with Gasteiger partial charge in [0.2, 0.25) is 5.78 Å². The summed E-state index contributed by atoms with van der Waals surface area (Å²) in [7, 11) is 0. The molecule has 2 aromatic rings. The second kappa shape index (κ2) is 4.47. The maximum atomic E-state index is 12.9. The van der Waals surface area contributed by atoms with Crippen molar-refractivity contribution in [2.75, 3.05) is 0 Å². The van der Waals surface area contributed by atoms with E-state index in [1.165, 1.54) is 29.5 Å². The number of carbonyl (C=O) groups is 1. The predicted molar refractivity (Wildman–Crippen MR) is 66.6 cm³/mol. The van der Waals surface area contributed by atoms with E-state index in [0.717, 1.165) is 4.47 Å². The van der Waals surface area contributed by atoms with Crippen LogP contribution in [0.1, 0.15) is 20.8 Å². The number of hydrogen-bond acceptors (Lipinski definition) is 2. The van der Waals surface area contributed by atoms with Gasteiger partial charge in [0.1, 0.15) is 5.82 Å². The summed E-state index contributed by atoms with van der Waals surface area (Å²) in [4.78, 5) is 12.8. The SMILES string of the molecule is Cc1cc(F)ccc1C(=O)c1sccc1Br. The number of rotatable bonds is 2. The van der Waals surface area contributed by atoms with E-state index in [9.17, 15) is 9.18 Å². The molecule has 0 amide bonds. The Balaban J connectivity index is 2.46.